The second-order valence-electron chi connectivity index (χ2n) is 4.07. The van der Waals surface area contributed by atoms with E-state index in [2.05, 4.69) is 15.3 Å². The van der Waals surface area contributed by atoms with Crippen LogP contribution in [0.4, 0.5) is 0 Å². The number of hydrogen-bond acceptors (Lipinski definition) is 3. The number of piperazine rings is 1. The van der Waals surface area contributed by atoms with Gasteiger partial charge in [-0.2, -0.15) is 0 Å². The molecule has 2 aliphatic heterocycles. The SMILES string of the molecule is C1CCCN(N2CCNCC2)CC1. The van der Waals surface area contributed by atoms with Crippen LogP contribution in [-0.4, -0.2) is 49.3 Å². The normalized spacial score (nSPS) is 28.6. The van der Waals surface area contributed by atoms with E-state index >= 15 is 0 Å². The fraction of sp³-hybridized carbons (Fsp3) is 1.00. The largest absolute Gasteiger partial charge is 0.314 e. The van der Waals surface area contributed by atoms with Gasteiger partial charge in [0.25, 0.3) is 0 Å². The van der Waals surface area contributed by atoms with Crippen molar-refractivity contribution in [1.29, 1.82) is 0 Å². The molecule has 0 aromatic carbocycles. The van der Waals surface area contributed by atoms with E-state index in [4.69, 9.17) is 0 Å². The van der Waals surface area contributed by atoms with E-state index in [0.717, 1.165) is 13.1 Å². The Morgan fingerprint density at radius 3 is 1.77 bits per heavy atom. The van der Waals surface area contributed by atoms with Crippen molar-refractivity contribution in [3.63, 3.8) is 0 Å². The summed E-state index contributed by atoms with van der Waals surface area (Å²) < 4.78 is 0. The summed E-state index contributed by atoms with van der Waals surface area (Å²) in [6.07, 6.45) is 5.65. The molecule has 0 spiro atoms. The first kappa shape index (κ1) is 9.44. The Hall–Kier alpha value is -0.120. The number of rotatable bonds is 1. The summed E-state index contributed by atoms with van der Waals surface area (Å²) in [5.41, 5.74) is 0. The lowest BCUT2D eigenvalue weighted by molar-refractivity contribution is -0.0310. The summed E-state index contributed by atoms with van der Waals surface area (Å²) in [5, 5.41) is 8.52. The van der Waals surface area contributed by atoms with Crippen LogP contribution in [-0.2, 0) is 0 Å². The third kappa shape index (κ3) is 2.66. The summed E-state index contributed by atoms with van der Waals surface area (Å²) in [6, 6.07) is 0. The summed E-state index contributed by atoms with van der Waals surface area (Å²) >= 11 is 0. The Morgan fingerprint density at radius 1 is 0.615 bits per heavy atom. The third-order valence-corrected chi connectivity index (χ3v) is 3.08. The third-order valence-electron chi connectivity index (χ3n) is 3.08. The maximum atomic E-state index is 3.40. The van der Waals surface area contributed by atoms with Crippen LogP contribution in [0.15, 0.2) is 0 Å². The van der Waals surface area contributed by atoms with Gasteiger partial charge in [-0.15, -0.1) is 0 Å². The highest BCUT2D eigenvalue weighted by Gasteiger charge is 2.18. The Labute approximate surface area is 81.1 Å². The van der Waals surface area contributed by atoms with Gasteiger partial charge in [0.05, 0.1) is 0 Å². The molecule has 3 nitrogen and oxygen atoms in total. The second kappa shape index (κ2) is 4.94. The van der Waals surface area contributed by atoms with E-state index in [9.17, 15) is 0 Å². The van der Waals surface area contributed by atoms with Crippen LogP contribution in [0.2, 0.25) is 0 Å². The summed E-state index contributed by atoms with van der Waals surface area (Å²) in [7, 11) is 0. The van der Waals surface area contributed by atoms with Gasteiger partial charge in [0, 0.05) is 39.3 Å². The smallest absolute Gasteiger partial charge is 0.0259 e. The minimum absolute atomic E-state index is 1.16. The maximum Gasteiger partial charge on any atom is 0.0259 e. The van der Waals surface area contributed by atoms with Gasteiger partial charge < -0.3 is 5.32 Å². The zero-order chi connectivity index (χ0) is 8.93. The Morgan fingerprint density at radius 2 is 1.15 bits per heavy atom. The molecule has 76 valence electrons. The van der Waals surface area contributed by atoms with Crippen molar-refractivity contribution < 1.29 is 0 Å². The predicted octanol–water partition coefficient (Wildman–Crippen LogP) is 0.683. The van der Waals surface area contributed by atoms with Gasteiger partial charge in [-0.1, -0.05) is 12.8 Å². The molecule has 2 fully saturated rings. The van der Waals surface area contributed by atoms with Crippen LogP contribution in [0.1, 0.15) is 25.7 Å². The first-order valence-electron chi connectivity index (χ1n) is 5.67. The summed E-state index contributed by atoms with van der Waals surface area (Å²) in [5.74, 6) is 0. The number of nitrogens with one attached hydrogen (secondary N) is 1. The van der Waals surface area contributed by atoms with Gasteiger partial charge in [-0.05, 0) is 12.8 Å². The first-order valence-corrected chi connectivity index (χ1v) is 5.67. The zero-order valence-corrected chi connectivity index (χ0v) is 8.47. The van der Waals surface area contributed by atoms with Crippen LogP contribution in [0, 0.1) is 0 Å². The molecule has 0 unspecified atom stereocenters. The van der Waals surface area contributed by atoms with Crippen molar-refractivity contribution >= 4 is 0 Å². The van der Waals surface area contributed by atoms with Gasteiger partial charge >= 0.3 is 0 Å². The lowest BCUT2D eigenvalue weighted by Gasteiger charge is -2.37. The van der Waals surface area contributed by atoms with E-state index in [0.29, 0.717) is 0 Å². The van der Waals surface area contributed by atoms with Crippen molar-refractivity contribution in [3.8, 4) is 0 Å². The standard InChI is InChI=1S/C10H21N3/c1-2-4-8-12(7-3-1)13-9-5-11-6-10-13/h11H,1-10H2. The maximum absolute atomic E-state index is 3.40. The molecule has 2 aliphatic rings. The average molecular weight is 183 g/mol. The molecule has 0 atom stereocenters. The lowest BCUT2D eigenvalue weighted by atomic mass is 10.2. The van der Waals surface area contributed by atoms with Gasteiger partial charge in [0.1, 0.15) is 0 Å². The molecule has 2 heterocycles. The fourth-order valence-electron chi connectivity index (χ4n) is 2.27. The summed E-state index contributed by atoms with van der Waals surface area (Å²) in [6.45, 7) is 7.33. The fourth-order valence-corrected chi connectivity index (χ4v) is 2.27. The molecule has 0 bridgehead atoms. The minimum atomic E-state index is 1.16. The molecule has 0 radical (unpaired) electrons. The quantitative estimate of drug-likeness (QED) is 0.645. The van der Waals surface area contributed by atoms with E-state index in [1.165, 1.54) is 51.9 Å². The van der Waals surface area contributed by atoms with Crippen LogP contribution in [0.5, 0.6) is 0 Å². The Kier molecular flexibility index (Phi) is 3.58. The molecule has 2 rings (SSSR count). The van der Waals surface area contributed by atoms with Gasteiger partial charge in [0.15, 0.2) is 0 Å². The van der Waals surface area contributed by atoms with Gasteiger partial charge in [-0.3, -0.25) is 0 Å². The van der Waals surface area contributed by atoms with Crippen molar-refractivity contribution in [2.24, 2.45) is 0 Å². The molecule has 0 saturated carbocycles. The van der Waals surface area contributed by atoms with Crippen LogP contribution in [0.3, 0.4) is 0 Å². The molecular formula is C10H21N3. The molecule has 1 N–H and O–H groups in total. The molecule has 0 aromatic rings. The topological polar surface area (TPSA) is 18.5 Å². The minimum Gasteiger partial charge on any atom is -0.314 e. The van der Waals surface area contributed by atoms with Crippen LogP contribution < -0.4 is 5.32 Å². The molecular weight excluding hydrogens is 162 g/mol. The number of hydrogen-bond donors (Lipinski definition) is 1. The molecule has 0 aromatic heterocycles. The highest BCUT2D eigenvalue weighted by atomic mass is 15.6. The Bertz CT molecular complexity index is 135. The van der Waals surface area contributed by atoms with Crippen molar-refractivity contribution in [3.05, 3.63) is 0 Å². The molecule has 0 aliphatic carbocycles. The molecule has 0 amide bonds. The zero-order valence-electron chi connectivity index (χ0n) is 8.47. The Balaban J connectivity index is 1.82. The average Bonchev–Trinajstić information content (AvgIpc) is 2.47. The second-order valence-corrected chi connectivity index (χ2v) is 4.07. The summed E-state index contributed by atoms with van der Waals surface area (Å²) in [4.78, 5) is 0. The van der Waals surface area contributed by atoms with Crippen molar-refractivity contribution in [1.82, 2.24) is 15.3 Å². The van der Waals surface area contributed by atoms with E-state index in [1.807, 2.05) is 0 Å². The highest BCUT2D eigenvalue weighted by Crippen LogP contribution is 2.12. The number of hydrazine groups is 1. The van der Waals surface area contributed by atoms with E-state index < -0.39 is 0 Å². The van der Waals surface area contributed by atoms with Crippen molar-refractivity contribution in [2.75, 3.05) is 39.3 Å². The lowest BCUT2D eigenvalue weighted by Crippen LogP contribution is -2.52. The predicted molar refractivity (Wildman–Crippen MR) is 54.5 cm³/mol. The van der Waals surface area contributed by atoms with Crippen molar-refractivity contribution in [2.45, 2.75) is 25.7 Å². The van der Waals surface area contributed by atoms with Gasteiger partial charge in [-0.25, -0.2) is 10.0 Å². The first-order chi connectivity index (χ1) is 6.47. The monoisotopic (exact) mass is 183 g/mol. The highest BCUT2D eigenvalue weighted by molar-refractivity contribution is 4.68. The van der Waals surface area contributed by atoms with E-state index in [-0.39, 0.29) is 0 Å². The number of nitrogens with zero attached hydrogens (tertiary/aromatic N) is 2. The molecule has 3 heteroatoms. The van der Waals surface area contributed by atoms with Crippen LogP contribution >= 0.6 is 0 Å². The van der Waals surface area contributed by atoms with E-state index in [1.54, 1.807) is 0 Å². The van der Waals surface area contributed by atoms with Gasteiger partial charge in [0.2, 0.25) is 0 Å². The van der Waals surface area contributed by atoms with Crippen LogP contribution in [0.25, 0.3) is 0 Å². The molecule has 13 heavy (non-hydrogen) atoms. The molecule has 2 saturated heterocycles.